The Balaban J connectivity index is 2.37. The van der Waals surface area contributed by atoms with Crippen LogP contribution in [0.5, 0.6) is 0 Å². The number of nitrogens with one attached hydrogen (secondary N) is 1. The van der Waals surface area contributed by atoms with E-state index in [1.165, 1.54) is 6.07 Å². The van der Waals surface area contributed by atoms with Crippen LogP contribution >= 0.6 is 27.5 Å². The fourth-order valence-electron chi connectivity index (χ4n) is 1.66. The minimum atomic E-state index is -4.70. The number of hydrogen-bond donors (Lipinski definition) is 1. The van der Waals surface area contributed by atoms with Crippen molar-refractivity contribution in [1.82, 2.24) is 9.97 Å². The number of alkyl halides is 3. The lowest BCUT2D eigenvalue weighted by molar-refractivity contribution is -0.137. The Kier molecular flexibility index (Phi) is 5.29. The summed E-state index contributed by atoms with van der Waals surface area (Å²) < 4.78 is 56.0. The van der Waals surface area contributed by atoms with Gasteiger partial charge in [0.15, 0.2) is 0 Å². The summed E-state index contributed by atoms with van der Waals surface area (Å²) in [4.78, 5) is 18.5. The second kappa shape index (κ2) is 6.89. The van der Waals surface area contributed by atoms with Crippen molar-refractivity contribution >= 4 is 45.1 Å². The molecular weight excluding hydrogens is 422 g/mol. The summed E-state index contributed by atoms with van der Waals surface area (Å²) in [6.07, 6.45) is -4.20. The largest absolute Gasteiger partial charge is 0.465 e. The Hall–Kier alpha value is -1.94. The third-order valence-electron chi connectivity index (χ3n) is 2.74. The zero-order valence-electron chi connectivity index (χ0n) is 11.7. The van der Waals surface area contributed by atoms with Gasteiger partial charge in [-0.3, -0.25) is 0 Å². The number of anilines is 2. The van der Waals surface area contributed by atoms with Crippen LogP contribution in [0, 0.1) is 5.82 Å². The van der Waals surface area contributed by atoms with Crippen LogP contribution < -0.4 is 5.32 Å². The molecule has 2 aromatic rings. The molecule has 2 rings (SSSR count). The average Bonchev–Trinajstić information content (AvgIpc) is 2.48. The molecule has 0 radical (unpaired) electrons. The molecule has 0 aliphatic rings. The molecule has 0 amide bonds. The summed E-state index contributed by atoms with van der Waals surface area (Å²) in [5.41, 5.74) is -1.31. The predicted molar refractivity (Wildman–Crippen MR) is 80.8 cm³/mol. The number of nitrogens with zero attached hydrogens (tertiary/aromatic N) is 2. The molecule has 11 heteroatoms. The maximum absolute atomic E-state index is 13.8. The molecule has 0 saturated heterocycles. The first-order valence-electron chi connectivity index (χ1n) is 6.07. The molecule has 0 fully saturated rings. The first-order valence-corrected chi connectivity index (χ1v) is 7.24. The second-order valence-electron chi connectivity index (χ2n) is 4.33. The van der Waals surface area contributed by atoms with Gasteiger partial charge in [-0.2, -0.15) is 13.2 Å². The van der Waals surface area contributed by atoms with Gasteiger partial charge < -0.3 is 10.1 Å². The van der Waals surface area contributed by atoms with Gasteiger partial charge in [0.25, 0.3) is 0 Å². The average molecular weight is 429 g/mol. The van der Waals surface area contributed by atoms with Crippen LogP contribution in [0.1, 0.15) is 15.9 Å². The first-order chi connectivity index (χ1) is 11.1. The lowest BCUT2D eigenvalue weighted by Crippen LogP contribution is -2.10. The van der Waals surface area contributed by atoms with Gasteiger partial charge in [0.2, 0.25) is 5.95 Å². The summed E-state index contributed by atoms with van der Waals surface area (Å²) in [7, 11) is 1.12. The molecule has 0 aliphatic heterocycles. The maximum atomic E-state index is 13.8. The van der Waals surface area contributed by atoms with Gasteiger partial charge in [0.05, 0.1) is 17.1 Å². The van der Waals surface area contributed by atoms with E-state index < -0.39 is 28.7 Å². The Morgan fingerprint density at radius 2 is 2.04 bits per heavy atom. The van der Waals surface area contributed by atoms with E-state index in [1.807, 2.05) is 0 Å². The van der Waals surface area contributed by atoms with Crippen molar-refractivity contribution in [2.75, 3.05) is 12.4 Å². The molecule has 0 saturated carbocycles. The zero-order valence-corrected chi connectivity index (χ0v) is 14.1. The normalized spacial score (nSPS) is 11.3. The van der Waals surface area contributed by atoms with Crippen LogP contribution in [0.2, 0.25) is 5.15 Å². The molecule has 1 aromatic carbocycles. The van der Waals surface area contributed by atoms with Crippen molar-refractivity contribution in [2.24, 2.45) is 0 Å². The number of aromatic nitrogens is 2. The van der Waals surface area contributed by atoms with Gasteiger partial charge in [0.1, 0.15) is 16.5 Å². The molecule has 0 aliphatic carbocycles. The van der Waals surface area contributed by atoms with E-state index in [-0.39, 0.29) is 21.7 Å². The number of esters is 1. The number of hydrogen-bond acceptors (Lipinski definition) is 5. The van der Waals surface area contributed by atoms with Crippen molar-refractivity contribution in [3.8, 4) is 0 Å². The van der Waals surface area contributed by atoms with Crippen LogP contribution in [0.25, 0.3) is 0 Å². The first kappa shape index (κ1) is 18.4. The van der Waals surface area contributed by atoms with Crippen LogP contribution in [0.3, 0.4) is 0 Å². The van der Waals surface area contributed by atoms with Gasteiger partial charge in [-0.25, -0.2) is 19.2 Å². The lowest BCUT2D eigenvalue weighted by atomic mass is 10.2. The highest BCUT2D eigenvalue weighted by Gasteiger charge is 2.34. The molecular formula is C13H7BrClF4N3O2. The lowest BCUT2D eigenvalue weighted by Gasteiger charge is -2.11. The Morgan fingerprint density at radius 3 is 2.58 bits per heavy atom. The van der Waals surface area contributed by atoms with Gasteiger partial charge >= 0.3 is 12.1 Å². The molecule has 5 nitrogen and oxygen atoms in total. The Labute approximate surface area is 146 Å². The van der Waals surface area contributed by atoms with Gasteiger partial charge in [-0.1, -0.05) is 11.6 Å². The quantitative estimate of drug-likeness (QED) is 0.440. The smallest absolute Gasteiger partial charge is 0.420 e. The highest BCUT2D eigenvalue weighted by atomic mass is 79.9. The van der Waals surface area contributed by atoms with E-state index in [0.717, 1.165) is 13.2 Å². The third kappa shape index (κ3) is 3.93. The van der Waals surface area contributed by atoms with Gasteiger partial charge in [0, 0.05) is 11.9 Å². The number of methoxy groups -OCH3 is 1. The van der Waals surface area contributed by atoms with E-state index in [0.29, 0.717) is 6.20 Å². The number of carbonyl (C=O) groups is 1. The molecule has 1 aromatic heterocycles. The standard InChI is InChI=1S/C13H7BrClF4N3O2/c1-24-11(23)6-2-5(3-8(16)9(6)14)21-12-20-4-7(10(15)22-12)13(17,18)19/h2-4H,1H3,(H,20,21,22). The van der Waals surface area contributed by atoms with Crippen molar-refractivity contribution in [3.05, 3.63) is 44.9 Å². The van der Waals surface area contributed by atoms with E-state index in [2.05, 4.69) is 36.0 Å². The fraction of sp³-hybridized carbons (Fsp3) is 0.154. The minimum Gasteiger partial charge on any atom is -0.465 e. The summed E-state index contributed by atoms with van der Waals surface area (Å²) in [5.74, 6) is -1.90. The summed E-state index contributed by atoms with van der Waals surface area (Å²) in [6.45, 7) is 0. The predicted octanol–water partition coefficient (Wildman–Crippen LogP) is 4.58. The monoisotopic (exact) mass is 427 g/mol. The number of halogens is 6. The molecule has 24 heavy (non-hydrogen) atoms. The summed E-state index contributed by atoms with van der Waals surface area (Å²) >= 11 is 8.38. The molecule has 128 valence electrons. The van der Waals surface area contributed by atoms with E-state index in [4.69, 9.17) is 11.6 Å². The Morgan fingerprint density at radius 1 is 1.38 bits per heavy atom. The maximum Gasteiger partial charge on any atom is 0.420 e. The molecule has 1 N–H and O–H groups in total. The topological polar surface area (TPSA) is 64.1 Å². The SMILES string of the molecule is COC(=O)c1cc(Nc2ncc(C(F)(F)F)c(Cl)n2)cc(F)c1Br. The van der Waals surface area contributed by atoms with Crippen molar-refractivity contribution in [2.45, 2.75) is 6.18 Å². The van der Waals surface area contributed by atoms with Crippen molar-refractivity contribution < 1.29 is 27.1 Å². The molecule has 0 bridgehead atoms. The molecule has 1 heterocycles. The third-order valence-corrected chi connectivity index (χ3v) is 3.83. The highest BCUT2D eigenvalue weighted by molar-refractivity contribution is 9.10. The van der Waals surface area contributed by atoms with Crippen molar-refractivity contribution in [1.29, 1.82) is 0 Å². The minimum absolute atomic E-state index is 0.0203. The van der Waals surface area contributed by atoms with Gasteiger partial charge in [-0.05, 0) is 28.1 Å². The zero-order chi connectivity index (χ0) is 18.1. The van der Waals surface area contributed by atoms with Crippen LogP contribution in [0.4, 0.5) is 29.2 Å². The Bertz CT molecular complexity index is 802. The van der Waals surface area contributed by atoms with Crippen LogP contribution in [-0.4, -0.2) is 23.0 Å². The fourth-order valence-corrected chi connectivity index (χ4v) is 2.29. The number of ether oxygens (including phenoxy) is 1. The highest BCUT2D eigenvalue weighted by Crippen LogP contribution is 2.34. The molecule has 0 spiro atoms. The number of carbonyl (C=O) groups excluding carboxylic acids is 1. The molecule has 0 atom stereocenters. The summed E-state index contributed by atoms with van der Waals surface area (Å²) in [6, 6.07) is 2.21. The number of rotatable bonds is 3. The van der Waals surface area contributed by atoms with Crippen LogP contribution in [-0.2, 0) is 10.9 Å². The van der Waals surface area contributed by atoms with E-state index in [1.54, 1.807) is 0 Å². The van der Waals surface area contributed by atoms with E-state index in [9.17, 15) is 22.4 Å². The van der Waals surface area contributed by atoms with Crippen LogP contribution in [0.15, 0.2) is 22.8 Å². The number of benzene rings is 1. The second-order valence-corrected chi connectivity index (χ2v) is 5.48. The van der Waals surface area contributed by atoms with E-state index >= 15 is 0 Å². The van der Waals surface area contributed by atoms with Gasteiger partial charge in [-0.15, -0.1) is 0 Å². The molecule has 0 unspecified atom stereocenters. The van der Waals surface area contributed by atoms with Crippen molar-refractivity contribution in [3.63, 3.8) is 0 Å². The summed E-state index contributed by atoms with van der Waals surface area (Å²) in [5, 5.41) is 1.65.